The lowest BCUT2D eigenvalue weighted by molar-refractivity contribution is -0.191. The summed E-state index contributed by atoms with van der Waals surface area (Å²) in [6, 6.07) is 5.83. The molecule has 5 nitrogen and oxygen atoms in total. The molecule has 1 rings (SSSR count). The monoisotopic (exact) mass is 242 g/mol. The fourth-order valence-electron chi connectivity index (χ4n) is 1.13. The maximum atomic E-state index is 13.5. The number of halogens is 1. The van der Waals surface area contributed by atoms with Gasteiger partial charge < -0.3 is 14.9 Å². The van der Waals surface area contributed by atoms with Gasteiger partial charge in [-0.25, -0.2) is 9.59 Å². The lowest BCUT2D eigenvalue weighted by Gasteiger charge is -2.17. The fraction of sp³-hybridized carbons (Fsp3) is 0.273. The summed E-state index contributed by atoms with van der Waals surface area (Å²) in [7, 11) is 0. The fourth-order valence-corrected chi connectivity index (χ4v) is 1.13. The summed E-state index contributed by atoms with van der Waals surface area (Å²) in [4.78, 5) is 21.0. The number of carboxylic acids is 2. The van der Waals surface area contributed by atoms with Gasteiger partial charge in [0.2, 0.25) is 0 Å². The van der Waals surface area contributed by atoms with Crippen molar-refractivity contribution < 1.29 is 28.9 Å². The van der Waals surface area contributed by atoms with E-state index in [4.69, 9.17) is 10.2 Å². The Bertz CT molecular complexity index is 412. The molecule has 0 bridgehead atoms. The predicted octanol–water partition coefficient (Wildman–Crippen LogP) is 1.46. The molecule has 0 amide bonds. The van der Waals surface area contributed by atoms with Gasteiger partial charge in [0, 0.05) is 0 Å². The number of aliphatic carboxylic acids is 2. The number of hydrogen-bond donors (Lipinski definition) is 2. The highest BCUT2D eigenvalue weighted by Crippen LogP contribution is 2.21. The van der Waals surface area contributed by atoms with Gasteiger partial charge >= 0.3 is 17.8 Å². The Hall–Kier alpha value is -2.11. The van der Waals surface area contributed by atoms with E-state index in [2.05, 4.69) is 4.74 Å². The normalized spacial score (nSPS) is 10.9. The van der Waals surface area contributed by atoms with Gasteiger partial charge in [-0.3, -0.25) is 0 Å². The molecule has 0 saturated heterocycles. The number of rotatable bonds is 5. The summed E-state index contributed by atoms with van der Waals surface area (Å²) in [6.07, 6.45) is 0.749. The van der Waals surface area contributed by atoms with E-state index < -0.39 is 17.8 Å². The summed E-state index contributed by atoms with van der Waals surface area (Å²) in [6.45, 7) is 1.91. The van der Waals surface area contributed by atoms with Crippen molar-refractivity contribution in [2.75, 3.05) is 0 Å². The number of alkyl halides is 1. The Morgan fingerprint density at radius 3 is 2.06 bits per heavy atom. The van der Waals surface area contributed by atoms with Crippen LogP contribution in [-0.4, -0.2) is 28.0 Å². The first-order chi connectivity index (χ1) is 7.90. The minimum absolute atomic E-state index is 0.158. The van der Waals surface area contributed by atoms with Crippen LogP contribution in [0.3, 0.4) is 0 Å². The van der Waals surface area contributed by atoms with Gasteiger partial charge in [-0.1, -0.05) is 19.1 Å². The zero-order valence-corrected chi connectivity index (χ0v) is 9.01. The third kappa shape index (κ3) is 2.72. The lowest BCUT2D eigenvalue weighted by Crippen LogP contribution is -2.47. The standard InChI is InChI=1S/C11H11FO5/c1-2-7-3-5-8(6-4-7)17-11(12,9(13)14)10(15)16/h3-6H,2H2,1H3,(H,13,14)(H,15,16). The second-order valence-corrected chi connectivity index (χ2v) is 3.31. The minimum atomic E-state index is -3.77. The summed E-state index contributed by atoms with van der Waals surface area (Å²) >= 11 is 0. The number of ether oxygens (including phenoxy) is 1. The van der Waals surface area contributed by atoms with Crippen LogP contribution in [0.15, 0.2) is 24.3 Å². The molecule has 0 aliphatic heterocycles. The van der Waals surface area contributed by atoms with Crippen molar-refractivity contribution in [1.29, 1.82) is 0 Å². The van der Waals surface area contributed by atoms with Crippen molar-refractivity contribution >= 4 is 11.9 Å². The van der Waals surface area contributed by atoms with Crippen molar-refractivity contribution in [1.82, 2.24) is 0 Å². The molecule has 92 valence electrons. The summed E-state index contributed by atoms with van der Waals surface area (Å²) in [5.41, 5.74) is 0.937. The van der Waals surface area contributed by atoms with Crippen molar-refractivity contribution in [3.8, 4) is 5.75 Å². The molecular formula is C11H11FO5. The molecule has 0 unspecified atom stereocenters. The number of hydrogen-bond acceptors (Lipinski definition) is 3. The van der Waals surface area contributed by atoms with E-state index in [1.165, 1.54) is 12.1 Å². The summed E-state index contributed by atoms with van der Waals surface area (Å²) < 4.78 is 17.8. The number of carbonyl (C=O) groups is 2. The van der Waals surface area contributed by atoms with Crippen LogP contribution in [0.4, 0.5) is 4.39 Å². The Labute approximate surface area is 96.4 Å². The predicted molar refractivity (Wildman–Crippen MR) is 55.6 cm³/mol. The maximum absolute atomic E-state index is 13.5. The van der Waals surface area contributed by atoms with Crippen molar-refractivity contribution in [3.05, 3.63) is 29.8 Å². The number of carboxylic acid groups (broad SMARTS) is 2. The zero-order valence-electron chi connectivity index (χ0n) is 9.01. The molecule has 0 spiro atoms. The maximum Gasteiger partial charge on any atom is 0.443 e. The van der Waals surface area contributed by atoms with E-state index in [-0.39, 0.29) is 5.75 Å². The van der Waals surface area contributed by atoms with Gasteiger partial charge in [-0.05, 0) is 24.1 Å². The van der Waals surface area contributed by atoms with E-state index in [1.54, 1.807) is 12.1 Å². The third-order valence-electron chi connectivity index (χ3n) is 2.14. The first-order valence-electron chi connectivity index (χ1n) is 4.83. The second kappa shape index (κ2) is 4.82. The average Bonchev–Trinajstić information content (AvgIpc) is 2.29. The van der Waals surface area contributed by atoms with Crippen molar-refractivity contribution in [3.63, 3.8) is 0 Å². The van der Waals surface area contributed by atoms with E-state index in [0.29, 0.717) is 0 Å². The average molecular weight is 242 g/mol. The van der Waals surface area contributed by atoms with Crippen LogP contribution in [0.1, 0.15) is 12.5 Å². The smallest absolute Gasteiger partial charge is 0.443 e. The first-order valence-corrected chi connectivity index (χ1v) is 4.83. The molecule has 0 aliphatic rings. The Morgan fingerprint density at radius 1 is 1.24 bits per heavy atom. The van der Waals surface area contributed by atoms with E-state index in [1.807, 2.05) is 6.92 Å². The van der Waals surface area contributed by atoms with Crippen LogP contribution in [0, 0.1) is 0 Å². The summed E-state index contributed by atoms with van der Waals surface area (Å²) in [5.74, 6) is -8.34. The van der Waals surface area contributed by atoms with Gasteiger partial charge in [0.15, 0.2) is 0 Å². The van der Waals surface area contributed by atoms with Crippen LogP contribution in [0.5, 0.6) is 5.75 Å². The Kier molecular flexibility index (Phi) is 3.67. The van der Waals surface area contributed by atoms with E-state index in [0.717, 1.165) is 12.0 Å². The molecule has 0 radical (unpaired) electrons. The van der Waals surface area contributed by atoms with E-state index >= 15 is 0 Å². The molecule has 0 atom stereocenters. The molecule has 1 aromatic carbocycles. The van der Waals surface area contributed by atoms with Gasteiger partial charge in [0.05, 0.1) is 0 Å². The number of aryl methyl sites for hydroxylation is 1. The van der Waals surface area contributed by atoms with Gasteiger partial charge in [-0.2, -0.15) is 4.39 Å². The van der Waals surface area contributed by atoms with Crippen LogP contribution in [-0.2, 0) is 16.0 Å². The van der Waals surface area contributed by atoms with Crippen LogP contribution in [0.25, 0.3) is 0 Å². The molecule has 1 aromatic rings. The Morgan fingerprint density at radius 2 is 1.71 bits per heavy atom. The molecular weight excluding hydrogens is 231 g/mol. The lowest BCUT2D eigenvalue weighted by atomic mass is 10.2. The number of benzene rings is 1. The SMILES string of the molecule is CCc1ccc(OC(F)(C(=O)O)C(=O)O)cc1. The molecule has 2 N–H and O–H groups in total. The second-order valence-electron chi connectivity index (χ2n) is 3.31. The highest BCUT2D eigenvalue weighted by atomic mass is 19.2. The third-order valence-corrected chi connectivity index (χ3v) is 2.14. The molecule has 0 aliphatic carbocycles. The highest BCUT2D eigenvalue weighted by Gasteiger charge is 2.50. The summed E-state index contributed by atoms with van der Waals surface area (Å²) in [5, 5.41) is 17.0. The van der Waals surface area contributed by atoms with Crippen LogP contribution in [0.2, 0.25) is 0 Å². The van der Waals surface area contributed by atoms with Crippen molar-refractivity contribution in [2.45, 2.75) is 19.2 Å². The van der Waals surface area contributed by atoms with Crippen LogP contribution < -0.4 is 4.74 Å². The first kappa shape index (κ1) is 13.0. The topological polar surface area (TPSA) is 83.8 Å². The van der Waals surface area contributed by atoms with E-state index in [9.17, 15) is 14.0 Å². The molecule has 0 saturated carbocycles. The highest BCUT2D eigenvalue weighted by molar-refractivity contribution is 6.00. The van der Waals surface area contributed by atoms with Crippen molar-refractivity contribution in [2.24, 2.45) is 0 Å². The largest absolute Gasteiger partial charge is 0.476 e. The molecule has 0 aromatic heterocycles. The zero-order chi connectivity index (χ0) is 13.1. The molecule has 0 fully saturated rings. The molecule has 17 heavy (non-hydrogen) atoms. The van der Waals surface area contributed by atoms with Crippen LogP contribution >= 0.6 is 0 Å². The van der Waals surface area contributed by atoms with Gasteiger partial charge in [0.25, 0.3) is 0 Å². The van der Waals surface area contributed by atoms with Gasteiger partial charge in [0.1, 0.15) is 5.75 Å². The molecule has 0 heterocycles. The Balaban J connectivity index is 2.94. The minimum Gasteiger partial charge on any atom is -0.476 e. The van der Waals surface area contributed by atoms with Gasteiger partial charge in [-0.15, -0.1) is 0 Å². The molecule has 6 heteroatoms. The quantitative estimate of drug-likeness (QED) is 0.764.